The lowest BCUT2D eigenvalue weighted by atomic mass is 9.67. The van der Waals surface area contributed by atoms with Crippen molar-refractivity contribution in [3.8, 4) is 0 Å². The molecule has 27 heavy (non-hydrogen) atoms. The Morgan fingerprint density at radius 1 is 1.07 bits per heavy atom. The Kier molecular flexibility index (Phi) is 9.22. The molecule has 1 rings (SSSR count). The van der Waals surface area contributed by atoms with Gasteiger partial charge in [0.25, 0.3) is 0 Å². The lowest BCUT2D eigenvalue weighted by Crippen LogP contribution is -2.64. The molecule has 0 aromatic carbocycles. The lowest BCUT2D eigenvalue weighted by molar-refractivity contribution is -0.299. The van der Waals surface area contributed by atoms with Gasteiger partial charge in [-0.05, 0) is 52.9 Å². The first-order valence-corrected chi connectivity index (χ1v) is 10.4. The predicted octanol–water partition coefficient (Wildman–Crippen LogP) is 4.72. The van der Waals surface area contributed by atoms with Gasteiger partial charge in [0.05, 0.1) is 18.9 Å². The van der Waals surface area contributed by atoms with Gasteiger partial charge in [0.1, 0.15) is 0 Å². The van der Waals surface area contributed by atoms with Crippen LogP contribution in [0, 0.1) is 11.8 Å². The van der Waals surface area contributed by atoms with Gasteiger partial charge in [-0.3, -0.25) is 14.4 Å². The van der Waals surface area contributed by atoms with Crippen LogP contribution in [0.1, 0.15) is 92.4 Å². The van der Waals surface area contributed by atoms with Crippen molar-refractivity contribution in [2.45, 2.75) is 103 Å². The van der Waals surface area contributed by atoms with Crippen LogP contribution in [-0.4, -0.2) is 44.9 Å². The van der Waals surface area contributed by atoms with E-state index in [-0.39, 0.29) is 17.9 Å². The molecule has 0 aliphatic carbocycles. The summed E-state index contributed by atoms with van der Waals surface area (Å²) in [6, 6.07) is 0. The van der Waals surface area contributed by atoms with Gasteiger partial charge in [-0.15, -0.1) is 0 Å². The molecule has 0 saturated carbocycles. The first kappa shape index (κ1) is 23.9. The van der Waals surface area contributed by atoms with E-state index in [4.69, 9.17) is 9.94 Å². The highest BCUT2D eigenvalue weighted by Gasteiger charge is 2.52. The molecule has 2 unspecified atom stereocenters. The highest BCUT2D eigenvalue weighted by atomic mass is 16.7. The second-order valence-corrected chi connectivity index (χ2v) is 9.05. The van der Waals surface area contributed by atoms with E-state index in [2.05, 4.69) is 20.8 Å². The molecule has 0 amide bonds. The highest BCUT2D eigenvalue weighted by Crippen LogP contribution is 2.46. The van der Waals surface area contributed by atoms with Crippen molar-refractivity contribution in [2.24, 2.45) is 11.8 Å². The van der Waals surface area contributed by atoms with Crippen LogP contribution < -0.4 is 0 Å². The number of carboxylic acids is 2. The summed E-state index contributed by atoms with van der Waals surface area (Å²) in [7, 11) is 0. The zero-order valence-electron chi connectivity index (χ0n) is 17.8. The Labute approximate surface area is 164 Å². The third-order valence-electron chi connectivity index (χ3n) is 5.96. The summed E-state index contributed by atoms with van der Waals surface area (Å²) in [6.07, 6.45) is 8.20. The minimum Gasteiger partial charge on any atom is -0.481 e. The van der Waals surface area contributed by atoms with Crippen molar-refractivity contribution in [1.29, 1.82) is 0 Å². The van der Waals surface area contributed by atoms with Crippen LogP contribution in [0.3, 0.4) is 0 Å². The Hall–Kier alpha value is -1.14. The molecule has 0 bridgehead atoms. The molecule has 6 nitrogen and oxygen atoms in total. The third-order valence-corrected chi connectivity index (χ3v) is 5.96. The molecule has 1 heterocycles. The van der Waals surface area contributed by atoms with Crippen LogP contribution in [-0.2, 0) is 14.4 Å². The molecule has 1 aliphatic rings. The summed E-state index contributed by atoms with van der Waals surface area (Å²) in [5.41, 5.74) is -0.767. The van der Waals surface area contributed by atoms with Crippen LogP contribution in [0.5, 0.6) is 0 Å². The van der Waals surface area contributed by atoms with E-state index >= 15 is 0 Å². The van der Waals surface area contributed by atoms with Gasteiger partial charge in [0.2, 0.25) is 0 Å². The summed E-state index contributed by atoms with van der Waals surface area (Å²) in [5, 5.41) is 20.7. The average molecular weight is 386 g/mol. The number of carboxylic acid groups (broad SMARTS) is 2. The van der Waals surface area contributed by atoms with Gasteiger partial charge in [0.15, 0.2) is 0 Å². The summed E-state index contributed by atoms with van der Waals surface area (Å²) in [4.78, 5) is 29.1. The molecular formula is C21H39NO5. The quantitative estimate of drug-likeness (QED) is 0.473. The molecule has 158 valence electrons. The molecular weight excluding hydrogens is 346 g/mol. The number of rotatable bonds is 12. The topological polar surface area (TPSA) is 87.1 Å². The first-order chi connectivity index (χ1) is 12.5. The largest absolute Gasteiger partial charge is 0.481 e. The van der Waals surface area contributed by atoms with Crippen LogP contribution in [0.15, 0.2) is 0 Å². The zero-order valence-corrected chi connectivity index (χ0v) is 17.8. The number of hydrogen-bond donors (Lipinski definition) is 2. The van der Waals surface area contributed by atoms with Gasteiger partial charge in [-0.1, -0.05) is 39.0 Å². The van der Waals surface area contributed by atoms with Crippen LogP contribution in [0.4, 0.5) is 0 Å². The first-order valence-electron chi connectivity index (χ1n) is 10.4. The Balaban J connectivity index is 2.78. The maximum Gasteiger partial charge on any atom is 0.307 e. The monoisotopic (exact) mass is 385 g/mol. The normalized spacial score (nSPS) is 23.1. The zero-order chi connectivity index (χ0) is 20.7. The Bertz CT molecular complexity index is 489. The third kappa shape index (κ3) is 6.75. The van der Waals surface area contributed by atoms with Gasteiger partial charge in [0, 0.05) is 11.1 Å². The molecule has 2 atom stereocenters. The van der Waals surface area contributed by atoms with Gasteiger partial charge < -0.3 is 10.2 Å². The van der Waals surface area contributed by atoms with E-state index in [1.54, 1.807) is 0 Å². The maximum atomic E-state index is 11.8. The number of unbranched alkanes of at least 4 members (excludes halogenated alkanes) is 5. The number of piperidine rings is 1. The van der Waals surface area contributed by atoms with Crippen molar-refractivity contribution < 1.29 is 24.6 Å². The number of hydroxylamine groups is 2. The second-order valence-electron chi connectivity index (χ2n) is 9.05. The van der Waals surface area contributed by atoms with Crippen molar-refractivity contribution >= 4 is 11.9 Å². The summed E-state index contributed by atoms with van der Waals surface area (Å²) >= 11 is 0. The summed E-state index contributed by atoms with van der Waals surface area (Å²) < 4.78 is 0. The minimum atomic E-state index is -1.07. The fourth-order valence-corrected chi connectivity index (χ4v) is 4.56. The number of hydrogen-bond acceptors (Lipinski definition) is 4. The van der Waals surface area contributed by atoms with E-state index < -0.39 is 23.4 Å². The van der Waals surface area contributed by atoms with Gasteiger partial charge in [-0.25, -0.2) is 0 Å². The van der Waals surface area contributed by atoms with E-state index in [9.17, 15) is 14.7 Å². The van der Waals surface area contributed by atoms with E-state index in [0.717, 1.165) is 19.3 Å². The smallest absolute Gasteiger partial charge is 0.307 e. The molecule has 0 aromatic rings. The van der Waals surface area contributed by atoms with Crippen LogP contribution >= 0.6 is 0 Å². The number of aliphatic carboxylic acids is 2. The van der Waals surface area contributed by atoms with Crippen molar-refractivity contribution in [3.63, 3.8) is 0 Å². The SMILES string of the molecule is CCCCCCCCON1C(C)(C)CCC(C(CC(=O)O)C(=O)O)C1(C)C. The molecule has 1 fully saturated rings. The molecule has 2 N–H and O–H groups in total. The fraction of sp³-hybridized carbons (Fsp3) is 0.905. The summed E-state index contributed by atoms with van der Waals surface area (Å²) in [5.74, 6) is -3.29. The average Bonchev–Trinajstić information content (AvgIpc) is 2.54. The van der Waals surface area contributed by atoms with E-state index in [1.165, 1.54) is 25.7 Å². The standard InChI is InChI=1S/C21H39NO5/c1-6-7-8-9-10-11-14-27-22-20(2,3)13-12-17(21(22,4)5)16(19(25)26)15-18(23)24/h16-17H,6-15H2,1-5H3,(H,23,24)(H,25,26). The van der Waals surface area contributed by atoms with Crippen LogP contribution in [0.2, 0.25) is 0 Å². The molecule has 0 aromatic heterocycles. The minimum absolute atomic E-state index is 0.214. The fourth-order valence-electron chi connectivity index (χ4n) is 4.56. The molecule has 0 spiro atoms. The van der Waals surface area contributed by atoms with Gasteiger partial charge in [-0.2, -0.15) is 5.06 Å². The lowest BCUT2D eigenvalue weighted by Gasteiger charge is -2.56. The maximum absolute atomic E-state index is 11.8. The Morgan fingerprint density at radius 2 is 1.67 bits per heavy atom. The van der Waals surface area contributed by atoms with Crippen molar-refractivity contribution in [2.75, 3.05) is 6.61 Å². The molecule has 0 radical (unpaired) electrons. The molecule has 1 aliphatic heterocycles. The molecule has 1 saturated heterocycles. The number of carbonyl (C=O) groups is 2. The van der Waals surface area contributed by atoms with E-state index in [1.807, 2.05) is 18.9 Å². The second kappa shape index (κ2) is 10.4. The van der Waals surface area contributed by atoms with Gasteiger partial charge >= 0.3 is 11.9 Å². The Morgan fingerprint density at radius 3 is 2.22 bits per heavy atom. The predicted molar refractivity (Wildman–Crippen MR) is 105 cm³/mol. The van der Waals surface area contributed by atoms with E-state index in [0.29, 0.717) is 13.0 Å². The molecule has 6 heteroatoms. The summed E-state index contributed by atoms with van der Waals surface area (Å²) in [6.45, 7) is 11.0. The van der Waals surface area contributed by atoms with Crippen LogP contribution in [0.25, 0.3) is 0 Å². The highest BCUT2D eigenvalue weighted by molar-refractivity contribution is 5.78. The van der Waals surface area contributed by atoms with Crippen molar-refractivity contribution in [1.82, 2.24) is 5.06 Å². The van der Waals surface area contributed by atoms with Crippen molar-refractivity contribution in [3.05, 3.63) is 0 Å². The number of nitrogens with zero attached hydrogens (tertiary/aromatic N) is 1.